The lowest BCUT2D eigenvalue weighted by Gasteiger charge is -2.14. The second-order valence-corrected chi connectivity index (χ2v) is 5.80. The van der Waals surface area contributed by atoms with Crippen molar-refractivity contribution in [1.29, 1.82) is 0 Å². The van der Waals surface area contributed by atoms with Gasteiger partial charge in [-0.1, -0.05) is 69.7 Å². The first-order chi connectivity index (χ1) is 8.66. The molecule has 0 aromatic heterocycles. The molecule has 0 heterocycles. The smallest absolute Gasteiger partial charge is 0.0181 e. The highest BCUT2D eigenvalue weighted by molar-refractivity contribution is 5.82. The van der Waals surface area contributed by atoms with E-state index in [2.05, 4.69) is 63.2 Å². The Hall–Kier alpha value is -1.30. The lowest BCUT2D eigenvalue weighted by molar-refractivity contribution is 0.382. The fourth-order valence-electron chi connectivity index (χ4n) is 2.36. The number of hydrogen-bond acceptors (Lipinski definition) is 0. The zero-order valence-electron chi connectivity index (χ0n) is 11.8. The van der Waals surface area contributed by atoms with Gasteiger partial charge < -0.3 is 0 Å². The predicted octanol–water partition coefficient (Wildman–Crippen LogP) is 5.45. The third-order valence-electron chi connectivity index (χ3n) is 4.08. The summed E-state index contributed by atoms with van der Waals surface area (Å²) in [5.41, 5.74) is 1.48. The van der Waals surface area contributed by atoms with Gasteiger partial charge in [-0.25, -0.2) is 0 Å². The summed E-state index contributed by atoms with van der Waals surface area (Å²) in [6.07, 6.45) is 3.85. The molecule has 2 aromatic carbocycles. The maximum absolute atomic E-state index is 2.37. The largest absolute Gasteiger partial charge is 0.0625 e. The fraction of sp³-hybridized carbons (Fsp3) is 0.444. The van der Waals surface area contributed by atoms with Gasteiger partial charge in [0.15, 0.2) is 0 Å². The number of aryl methyl sites for hydroxylation is 1. The maximum atomic E-state index is 2.37. The third-order valence-corrected chi connectivity index (χ3v) is 4.08. The molecule has 0 aliphatic rings. The highest BCUT2D eigenvalue weighted by Gasteiger charge is 2.06. The molecule has 1 atom stereocenters. The van der Waals surface area contributed by atoms with Crippen molar-refractivity contribution < 1.29 is 0 Å². The number of rotatable bonds is 5. The molecule has 0 radical (unpaired) electrons. The van der Waals surface area contributed by atoms with Crippen LogP contribution in [0.4, 0.5) is 0 Å². The van der Waals surface area contributed by atoms with Gasteiger partial charge in [0.25, 0.3) is 0 Å². The minimum atomic E-state index is 0.807. The van der Waals surface area contributed by atoms with Gasteiger partial charge in [-0.3, -0.25) is 0 Å². The molecule has 1 unspecified atom stereocenters. The number of fused-ring (bicyclic) bond motifs is 1. The van der Waals surface area contributed by atoms with Crippen molar-refractivity contribution in [2.24, 2.45) is 11.8 Å². The zero-order valence-corrected chi connectivity index (χ0v) is 11.8. The van der Waals surface area contributed by atoms with E-state index in [0.29, 0.717) is 0 Å². The molecule has 96 valence electrons. The number of benzene rings is 2. The minimum Gasteiger partial charge on any atom is -0.0625 e. The molecule has 0 amide bonds. The van der Waals surface area contributed by atoms with Crippen LogP contribution >= 0.6 is 0 Å². The van der Waals surface area contributed by atoms with Crippen molar-refractivity contribution in [2.75, 3.05) is 0 Å². The molecular weight excluding hydrogens is 216 g/mol. The van der Waals surface area contributed by atoms with Crippen LogP contribution in [0.1, 0.15) is 39.2 Å². The van der Waals surface area contributed by atoms with Crippen LogP contribution in [0, 0.1) is 11.8 Å². The lowest BCUT2D eigenvalue weighted by Crippen LogP contribution is -2.04. The van der Waals surface area contributed by atoms with Crippen LogP contribution in [0.2, 0.25) is 0 Å². The van der Waals surface area contributed by atoms with Crippen LogP contribution in [0.15, 0.2) is 42.5 Å². The molecule has 0 spiro atoms. The van der Waals surface area contributed by atoms with E-state index in [1.54, 1.807) is 0 Å². The molecule has 0 fully saturated rings. The van der Waals surface area contributed by atoms with Gasteiger partial charge in [-0.15, -0.1) is 0 Å². The Balaban J connectivity index is 1.96. The second kappa shape index (κ2) is 6.04. The molecular formula is C18H24. The van der Waals surface area contributed by atoms with Crippen LogP contribution in [-0.4, -0.2) is 0 Å². The van der Waals surface area contributed by atoms with Crippen molar-refractivity contribution in [3.05, 3.63) is 48.0 Å². The Labute approximate surface area is 111 Å². The normalized spacial score (nSPS) is 13.1. The average Bonchev–Trinajstić information content (AvgIpc) is 2.38. The molecule has 0 aliphatic heterocycles. The summed E-state index contributed by atoms with van der Waals surface area (Å²) < 4.78 is 0. The zero-order chi connectivity index (χ0) is 13.0. The molecule has 0 heteroatoms. The van der Waals surface area contributed by atoms with E-state index < -0.39 is 0 Å². The fourth-order valence-corrected chi connectivity index (χ4v) is 2.36. The number of hydrogen-bond donors (Lipinski definition) is 0. The SMILES string of the molecule is CC(C)C(C)CCCc1ccc2ccccc2c1. The predicted molar refractivity (Wildman–Crippen MR) is 80.9 cm³/mol. The van der Waals surface area contributed by atoms with Gasteiger partial charge in [0.05, 0.1) is 0 Å². The summed E-state index contributed by atoms with van der Waals surface area (Å²) in [6, 6.07) is 15.5. The Morgan fingerprint density at radius 3 is 2.33 bits per heavy atom. The lowest BCUT2D eigenvalue weighted by atomic mass is 9.91. The monoisotopic (exact) mass is 240 g/mol. The van der Waals surface area contributed by atoms with E-state index in [0.717, 1.165) is 11.8 Å². The molecule has 0 bridgehead atoms. The summed E-state index contributed by atoms with van der Waals surface area (Å²) in [4.78, 5) is 0. The van der Waals surface area contributed by atoms with E-state index >= 15 is 0 Å². The van der Waals surface area contributed by atoms with E-state index in [4.69, 9.17) is 0 Å². The standard InChI is InChI=1S/C18H24/c1-14(2)15(3)7-6-8-16-11-12-17-9-4-5-10-18(17)13-16/h4-5,9-15H,6-8H2,1-3H3. The van der Waals surface area contributed by atoms with Crippen LogP contribution < -0.4 is 0 Å². The summed E-state index contributed by atoms with van der Waals surface area (Å²) in [7, 11) is 0. The van der Waals surface area contributed by atoms with Gasteiger partial charge in [-0.2, -0.15) is 0 Å². The van der Waals surface area contributed by atoms with Crippen molar-refractivity contribution in [2.45, 2.75) is 40.0 Å². The van der Waals surface area contributed by atoms with Crippen LogP contribution in [0.5, 0.6) is 0 Å². The molecule has 0 aliphatic carbocycles. The molecule has 0 nitrogen and oxygen atoms in total. The van der Waals surface area contributed by atoms with E-state index in [1.807, 2.05) is 0 Å². The summed E-state index contributed by atoms with van der Waals surface area (Å²) in [5.74, 6) is 1.65. The maximum Gasteiger partial charge on any atom is -0.0181 e. The molecule has 2 aromatic rings. The topological polar surface area (TPSA) is 0 Å². The first kappa shape index (κ1) is 13.1. The Morgan fingerprint density at radius 2 is 1.61 bits per heavy atom. The van der Waals surface area contributed by atoms with Gasteiger partial charge in [0.2, 0.25) is 0 Å². The van der Waals surface area contributed by atoms with Gasteiger partial charge in [-0.05, 0) is 41.0 Å². The summed E-state index contributed by atoms with van der Waals surface area (Å²) >= 11 is 0. The quantitative estimate of drug-likeness (QED) is 0.651. The van der Waals surface area contributed by atoms with E-state index in [9.17, 15) is 0 Å². The first-order valence-corrected chi connectivity index (χ1v) is 7.14. The molecule has 0 N–H and O–H groups in total. The molecule has 0 saturated carbocycles. The van der Waals surface area contributed by atoms with E-state index in [-0.39, 0.29) is 0 Å². The summed E-state index contributed by atoms with van der Waals surface area (Å²) in [5, 5.41) is 2.71. The van der Waals surface area contributed by atoms with Crippen molar-refractivity contribution in [3.63, 3.8) is 0 Å². The van der Waals surface area contributed by atoms with Gasteiger partial charge in [0, 0.05) is 0 Å². The first-order valence-electron chi connectivity index (χ1n) is 7.14. The summed E-state index contributed by atoms with van der Waals surface area (Å²) in [6.45, 7) is 7.01. The van der Waals surface area contributed by atoms with Gasteiger partial charge >= 0.3 is 0 Å². The van der Waals surface area contributed by atoms with E-state index in [1.165, 1.54) is 35.6 Å². The molecule has 2 rings (SSSR count). The Kier molecular flexibility index (Phi) is 4.41. The van der Waals surface area contributed by atoms with Crippen molar-refractivity contribution in [1.82, 2.24) is 0 Å². The highest BCUT2D eigenvalue weighted by Crippen LogP contribution is 2.20. The van der Waals surface area contributed by atoms with Crippen molar-refractivity contribution >= 4 is 10.8 Å². The minimum absolute atomic E-state index is 0.807. The third kappa shape index (κ3) is 3.35. The van der Waals surface area contributed by atoms with Crippen LogP contribution in [0.3, 0.4) is 0 Å². The average molecular weight is 240 g/mol. The molecule has 0 saturated heterocycles. The molecule has 18 heavy (non-hydrogen) atoms. The Morgan fingerprint density at radius 1 is 0.889 bits per heavy atom. The van der Waals surface area contributed by atoms with Crippen molar-refractivity contribution in [3.8, 4) is 0 Å². The Bertz CT molecular complexity index is 496. The highest BCUT2D eigenvalue weighted by atomic mass is 14.1. The van der Waals surface area contributed by atoms with Crippen LogP contribution in [-0.2, 0) is 6.42 Å². The second-order valence-electron chi connectivity index (χ2n) is 5.80. The van der Waals surface area contributed by atoms with Crippen LogP contribution in [0.25, 0.3) is 10.8 Å². The van der Waals surface area contributed by atoms with Gasteiger partial charge in [0.1, 0.15) is 0 Å².